The maximum Gasteiger partial charge on any atom is 0.337 e. The van der Waals surface area contributed by atoms with Gasteiger partial charge in [0, 0.05) is 18.7 Å². The van der Waals surface area contributed by atoms with E-state index in [1.54, 1.807) is 24.3 Å². The number of carbonyl (C=O) groups excluding carboxylic acids is 1. The van der Waals surface area contributed by atoms with E-state index >= 15 is 0 Å². The minimum atomic E-state index is -0.493. The topological polar surface area (TPSA) is 116 Å². The zero-order valence-corrected chi connectivity index (χ0v) is 15.0. The molecule has 0 atom stereocenters. The van der Waals surface area contributed by atoms with Gasteiger partial charge in [0.25, 0.3) is 0 Å². The van der Waals surface area contributed by atoms with E-state index < -0.39 is 5.97 Å². The number of pyridine rings is 1. The van der Waals surface area contributed by atoms with E-state index in [-0.39, 0.29) is 11.4 Å². The van der Waals surface area contributed by atoms with E-state index in [0.717, 1.165) is 32.4 Å². The van der Waals surface area contributed by atoms with E-state index in [4.69, 9.17) is 10.5 Å². The van der Waals surface area contributed by atoms with Crippen LogP contribution in [-0.4, -0.2) is 31.2 Å². The summed E-state index contributed by atoms with van der Waals surface area (Å²) < 4.78 is 4.77. The van der Waals surface area contributed by atoms with E-state index in [1.807, 2.05) is 4.90 Å². The van der Waals surface area contributed by atoms with Gasteiger partial charge in [-0.3, -0.25) is 0 Å². The number of piperidine rings is 1. The number of nitrogens with two attached hydrogens (primary N) is 1. The number of benzene rings is 1. The molecule has 1 aliphatic rings. The van der Waals surface area contributed by atoms with Gasteiger partial charge in [-0.05, 0) is 37.0 Å². The highest BCUT2D eigenvalue weighted by Gasteiger charge is 2.25. The van der Waals surface area contributed by atoms with Crippen LogP contribution in [-0.2, 0) is 4.74 Å². The molecule has 136 valence electrons. The highest BCUT2D eigenvalue weighted by molar-refractivity contribution is 5.93. The number of esters is 1. The molecule has 27 heavy (non-hydrogen) atoms. The van der Waals surface area contributed by atoms with Crippen molar-refractivity contribution < 1.29 is 9.53 Å². The highest BCUT2D eigenvalue weighted by Crippen LogP contribution is 2.36. The number of rotatable bonds is 3. The number of anilines is 2. The normalized spacial score (nSPS) is 13.5. The second-order valence-corrected chi connectivity index (χ2v) is 6.29. The molecular weight excluding hydrogens is 342 g/mol. The smallest absolute Gasteiger partial charge is 0.337 e. The Morgan fingerprint density at radius 3 is 2.52 bits per heavy atom. The molecule has 0 radical (unpaired) electrons. The molecule has 0 saturated carbocycles. The molecule has 2 N–H and O–H groups in total. The quantitative estimate of drug-likeness (QED) is 0.835. The molecule has 2 heterocycles. The van der Waals surface area contributed by atoms with E-state index in [2.05, 4.69) is 17.1 Å². The van der Waals surface area contributed by atoms with Gasteiger partial charge in [0.1, 0.15) is 34.9 Å². The molecule has 2 aromatic rings. The SMILES string of the molecule is COC(=O)c1cccc(-c2c(C#N)c(N)nc(N3CCCCC3)c2C#N)c1. The molecule has 0 amide bonds. The van der Waals surface area contributed by atoms with Crippen LogP contribution in [0.25, 0.3) is 11.1 Å². The average Bonchev–Trinajstić information content (AvgIpc) is 2.73. The Balaban J connectivity index is 2.25. The Morgan fingerprint density at radius 1 is 1.19 bits per heavy atom. The number of nitriles is 2. The third-order valence-corrected chi connectivity index (χ3v) is 4.66. The molecule has 0 bridgehead atoms. The summed E-state index contributed by atoms with van der Waals surface area (Å²) in [6.45, 7) is 1.57. The first kappa shape index (κ1) is 18.2. The lowest BCUT2D eigenvalue weighted by Gasteiger charge is -2.29. The summed E-state index contributed by atoms with van der Waals surface area (Å²) in [6, 6.07) is 10.9. The summed E-state index contributed by atoms with van der Waals surface area (Å²) in [5, 5.41) is 19.5. The molecule has 3 rings (SSSR count). The van der Waals surface area contributed by atoms with Gasteiger partial charge in [0.05, 0.1) is 12.7 Å². The van der Waals surface area contributed by atoms with Crippen LogP contribution >= 0.6 is 0 Å². The number of carbonyl (C=O) groups is 1. The molecule has 7 nitrogen and oxygen atoms in total. The van der Waals surface area contributed by atoms with E-state index in [9.17, 15) is 15.3 Å². The van der Waals surface area contributed by atoms with Gasteiger partial charge in [-0.1, -0.05) is 12.1 Å². The zero-order chi connectivity index (χ0) is 19.4. The van der Waals surface area contributed by atoms with Gasteiger partial charge in [-0.25, -0.2) is 9.78 Å². The summed E-state index contributed by atoms with van der Waals surface area (Å²) in [5.41, 5.74) is 7.78. The summed E-state index contributed by atoms with van der Waals surface area (Å²) >= 11 is 0. The van der Waals surface area contributed by atoms with Crippen LogP contribution in [0.3, 0.4) is 0 Å². The molecule has 1 aromatic carbocycles. The predicted molar refractivity (Wildman–Crippen MR) is 101 cm³/mol. The van der Waals surface area contributed by atoms with Gasteiger partial charge in [-0.2, -0.15) is 10.5 Å². The van der Waals surface area contributed by atoms with Crippen molar-refractivity contribution in [3.63, 3.8) is 0 Å². The Kier molecular flexibility index (Phi) is 5.23. The van der Waals surface area contributed by atoms with Crippen molar-refractivity contribution in [3.8, 4) is 23.3 Å². The third-order valence-electron chi connectivity index (χ3n) is 4.66. The summed E-state index contributed by atoms with van der Waals surface area (Å²) in [5.74, 6) is 0.0786. The van der Waals surface area contributed by atoms with Crippen LogP contribution in [0.2, 0.25) is 0 Å². The predicted octanol–water partition coefficient (Wildman–Crippen LogP) is 2.85. The van der Waals surface area contributed by atoms with Crippen LogP contribution in [0.5, 0.6) is 0 Å². The number of nitrogens with zero attached hydrogens (tertiary/aromatic N) is 4. The lowest BCUT2D eigenvalue weighted by molar-refractivity contribution is 0.0601. The summed E-state index contributed by atoms with van der Waals surface area (Å²) in [6.07, 6.45) is 3.16. The summed E-state index contributed by atoms with van der Waals surface area (Å²) in [4.78, 5) is 18.3. The second-order valence-electron chi connectivity index (χ2n) is 6.29. The minimum Gasteiger partial charge on any atom is -0.465 e. The molecule has 1 fully saturated rings. The first-order valence-corrected chi connectivity index (χ1v) is 8.68. The molecule has 1 aliphatic heterocycles. The molecule has 0 unspecified atom stereocenters. The Labute approximate surface area is 157 Å². The monoisotopic (exact) mass is 361 g/mol. The van der Waals surface area contributed by atoms with E-state index in [1.165, 1.54) is 7.11 Å². The van der Waals surface area contributed by atoms with Crippen LogP contribution in [0.4, 0.5) is 11.6 Å². The van der Waals surface area contributed by atoms with Crippen molar-refractivity contribution in [2.24, 2.45) is 0 Å². The van der Waals surface area contributed by atoms with Crippen LogP contribution in [0.1, 0.15) is 40.7 Å². The fraction of sp³-hybridized carbons (Fsp3) is 0.300. The molecule has 7 heteroatoms. The third kappa shape index (κ3) is 3.40. The molecular formula is C20H19N5O2. The van der Waals surface area contributed by atoms with Gasteiger partial charge in [-0.15, -0.1) is 0 Å². The first-order chi connectivity index (χ1) is 13.1. The van der Waals surface area contributed by atoms with Crippen molar-refractivity contribution in [1.82, 2.24) is 4.98 Å². The van der Waals surface area contributed by atoms with Crippen molar-refractivity contribution >= 4 is 17.6 Å². The Bertz CT molecular complexity index is 966. The first-order valence-electron chi connectivity index (χ1n) is 8.68. The average molecular weight is 361 g/mol. The zero-order valence-electron chi connectivity index (χ0n) is 15.0. The molecule has 0 spiro atoms. The van der Waals surface area contributed by atoms with Crippen LogP contribution in [0.15, 0.2) is 24.3 Å². The van der Waals surface area contributed by atoms with Gasteiger partial charge in [0.2, 0.25) is 0 Å². The lowest BCUT2D eigenvalue weighted by atomic mass is 9.94. The molecule has 0 aliphatic carbocycles. The van der Waals surface area contributed by atoms with Gasteiger partial charge < -0.3 is 15.4 Å². The number of ether oxygens (including phenoxy) is 1. The van der Waals surface area contributed by atoms with Crippen LogP contribution < -0.4 is 10.6 Å². The number of aromatic nitrogens is 1. The van der Waals surface area contributed by atoms with Gasteiger partial charge in [0.15, 0.2) is 0 Å². The fourth-order valence-corrected chi connectivity index (χ4v) is 3.35. The van der Waals surface area contributed by atoms with Crippen molar-refractivity contribution in [1.29, 1.82) is 10.5 Å². The van der Waals surface area contributed by atoms with Crippen molar-refractivity contribution in [2.45, 2.75) is 19.3 Å². The minimum absolute atomic E-state index is 0.0792. The largest absolute Gasteiger partial charge is 0.465 e. The lowest BCUT2D eigenvalue weighted by Crippen LogP contribution is -2.31. The van der Waals surface area contributed by atoms with Crippen molar-refractivity contribution in [3.05, 3.63) is 41.0 Å². The Morgan fingerprint density at radius 2 is 1.89 bits per heavy atom. The second kappa shape index (κ2) is 7.76. The number of methoxy groups -OCH3 is 1. The maximum absolute atomic E-state index is 11.9. The number of nitrogen functional groups attached to an aromatic ring is 1. The van der Waals surface area contributed by atoms with Crippen molar-refractivity contribution in [2.75, 3.05) is 30.8 Å². The number of hydrogen-bond donors (Lipinski definition) is 1. The maximum atomic E-state index is 11.9. The van der Waals surface area contributed by atoms with E-state index in [0.29, 0.717) is 28.1 Å². The Hall–Kier alpha value is -3.58. The molecule has 1 saturated heterocycles. The number of hydrogen-bond acceptors (Lipinski definition) is 7. The highest BCUT2D eigenvalue weighted by atomic mass is 16.5. The van der Waals surface area contributed by atoms with Gasteiger partial charge >= 0.3 is 5.97 Å². The van der Waals surface area contributed by atoms with Crippen LogP contribution in [0, 0.1) is 22.7 Å². The summed E-state index contributed by atoms with van der Waals surface area (Å²) in [7, 11) is 1.30. The molecule has 1 aromatic heterocycles. The standard InChI is InChI=1S/C20H19N5O2/c1-27-20(26)14-7-5-6-13(10-14)17-15(11-21)18(23)24-19(16(17)12-22)25-8-3-2-4-9-25/h5-7,10H,2-4,8-9H2,1H3,(H2,23,24). The fourth-order valence-electron chi connectivity index (χ4n) is 3.35.